The number of rotatable bonds is 6. The van der Waals surface area contributed by atoms with Crippen molar-refractivity contribution in [3.05, 3.63) is 65.7 Å². The van der Waals surface area contributed by atoms with Crippen LogP contribution in [0.3, 0.4) is 0 Å². The van der Waals surface area contributed by atoms with Crippen molar-refractivity contribution in [2.24, 2.45) is 5.92 Å². The Hall–Kier alpha value is -2.66. The lowest BCUT2D eigenvalue weighted by Crippen LogP contribution is -2.41. The molecule has 2 aromatic rings. The summed E-state index contributed by atoms with van der Waals surface area (Å²) in [6.07, 6.45) is 1.39. The number of hydrogen-bond acceptors (Lipinski definition) is 3. The number of amides is 2. The van der Waals surface area contributed by atoms with Crippen molar-refractivity contribution >= 4 is 17.5 Å². The Balaban J connectivity index is 1.55. The molecule has 1 fully saturated rings. The second kappa shape index (κ2) is 9.33. The van der Waals surface area contributed by atoms with Gasteiger partial charge < -0.3 is 15.5 Å². The Kier molecular flexibility index (Phi) is 6.60. The Morgan fingerprint density at radius 2 is 1.67 bits per heavy atom. The maximum Gasteiger partial charge on any atom is 0.253 e. The van der Waals surface area contributed by atoms with Crippen molar-refractivity contribution in [2.45, 2.75) is 26.3 Å². The maximum absolute atomic E-state index is 12.7. The number of carbonyl (C=O) groups excluding carboxylic acids is 2. The fourth-order valence-corrected chi connectivity index (χ4v) is 3.40. The summed E-state index contributed by atoms with van der Waals surface area (Å²) < 4.78 is 0. The molecule has 5 nitrogen and oxygen atoms in total. The van der Waals surface area contributed by atoms with Crippen LogP contribution in [0.25, 0.3) is 0 Å². The van der Waals surface area contributed by atoms with E-state index in [1.165, 1.54) is 0 Å². The Bertz CT molecular complexity index is 768. The smallest absolute Gasteiger partial charge is 0.253 e. The van der Waals surface area contributed by atoms with Crippen LogP contribution in [-0.2, 0) is 11.3 Å². The molecule has 0 spiro atoms. The normalized spacial score (nSPS) is 14.8. The van der Waals surface area contributed by atoms with E-state index in [2.05, 4.69) is 17.6 Å². The first kappa shape index (κ1) is 19.1. The highest BCUT2D eigenvalue weighted by molar-refractivity contribution is 5.95. The van der Waals surface area contributed by atoms with Crippen LogP contribution in [0.2, 0.25) is 0 Å². The Morgan fingerprint density at radius 1 is 1.00 bits per heavy atom. The van der Waals surface area contributed by atoms with Crippen molar-refractivity contribution < 1.29 is 9.59 Å². The predicted octanol–water partition coefficient (Wildman–Crippen LogP) is 3.29. The SMILES string of the molecule is CCNCc1ccccc1NC(=O)C1CCN(C(=O)c2ccccc2)CC1. The number of hydrogen-bond donors (Lipinski definition) is 2. The number of likely N-dealkylation sites (tertiary alicyclic amines) is 1. The molecule has 1 aliphatic rings. The van der Waals surface area contributed by atoms with Gasteiger partial charge in [-0.25, -0.2) is 0 Å². The van der Waals surface area contributed by atoms with Crippen LogP contribution < -0.4 is 10.6 Å². The lowest BCUT2D eigenvalue weighted by molar-refractivity contribution is -0.121. The van der Waals surface area contributed by atoms with E-state index < -0.39 is 0 Å². The molecule has 2 N–H and O–H groups in total. The molecule has 1 heterocycles. The van der Waals surface area contributed by atoms with Crippen LogP contribution in [0.15, 0.2) is 54.6 Å². The number of piperidine rings is 1. The van der Waals surface area contributed by atoms with Gasteiger partial charge in [-0.15, -0.1) is 0 Å². The third-order valence-corrected chi connectivity index (χ3v) is 5.01. The van der Waals surface area contributed by atoms with Gasteiger partial charge in [0.15, 0.2) is 0 Å². The van der Waals surface area contributed by atoms with Gasteiger partial charge in [0.2, 0.25) is 5.91 Å². The van der Waals surface area contributed by atoms with E-state index in [9.17, 15) is 9.59 Å². The summed E-state index contributed by atoms with van der Waals surface area (Å²) in [7, 11) is 0. The van der Waals surface area contributed by atoms with Gasteiger partial charge in [-0.1, -0.05) is 43.3 Å². The second-order valence-corrected chi connectivity index (χ2v) is 6.86. The molecule has 0 aliphatic carbocycles. The predicted molar refractivity (Wildman–Crippen MR) is 108 cm³/mol. The first-order valence-corrected chi connectivity index (χ1v) is 9.63. The molecule has 0 unspecified atom stereocenters. The molecule has 0 saturated carbocycles. The van der Waals surface area contributed by atoms with Crippen LogP contribution in [0, 0.1) is 5.92 Å². The van der Waals surface area contributed by atoms with Gasteiger partial charge in [0.1, 0.15) is 0 Å². The molecule has 2 aromatic carbocycles. The average molecular weight is 365 g/mol. The molecule has 142 valence electrons. The van der Waals surface area contributed by atoms with E-state index in [0.29, 0.717) is 31.5 Å². The number of carbonyl (C=O) groups is 2. The first-order chi connectivity index (χ1) is 13.2. The first-order valence-electron chi connectivity index (χ1n) is 9.63. The zero-order valence-electron chi connectivity index (χ0n) is 15.8. The third-order valence-electron chi connectivity index (χ3n) is 5.01. The summed E-state index contributed by atoms with van der Waals surface area (Å²) >= 11 is 0. The molecule has 0 atom stereocenters. The van der Waals surface area contributed by atoms with Gasteiger partial charge in [0.25, 0.3) is 5.91 Å². The van der Waals surface area contributed by atoms with E-state index >= 15 is 0 Å². The van der Waals surface area contributed by atoms with Crippen LogP contribution >= 0.6 is 0 Å². The highest BCUT2D eigenvalue weighted by Gasteiger charge is 2.28. The van der Waals surface area contributed by atoms with Gasteiger partial charge in [-0.3, -0.25) is 9.59 Å². The van der Waals surface area contributed by atoms with Crippen LogP contribution in [-0.4, -0.2) is 36.3 Å². The van der Waals surface area contributed by atoms with E-state index in [0.717, 1.165) is 24.3 Å². The summed E-state index contributed by atoms with van der Waals surface area (Å²) in [6.45, 7) is 4.91. The van der Waals surface area contributed by atoms with Crippen LogP contribution in [0.5, 0.6) is 0 Å². The standard InChI is InChI=1S/C22H27N3O2/c1-2-23-16-19-10-6-7-11-20(19)24-21(26)17-12-14-25(15-13-17)22(27)18-8-4-3-5-9-18/h3-11,17,23H,2,12-16H2,1H3,(H,24,26). The van der Waals surface area contributed by atoms with E-state index in [1.807, 2.05) is 59.5 Å². The molecule has 2 amide bonds. The number of benzene rings is 2. The Labute approximate surface area is 160 Å². The van der Waals surface area contributed by atoms with Gasteiger partial charge in [0.05, 0.1) is 0 Å². The number of nitrogens with one attached hydrogen (secondary N) is 2. The van der Waals surface area contributed by atoms with Gasteiger partial charge >= 0.3 is 0 Å². The molecule has 5 heteroatoms. The minimum atomic E-state index is -0.0583. The van der Waals surface area contributed by atoms with Gasteiger partial charge in [0, 0.05) is 36.8 Å². The average Bonchev–Trinajstić information content (AvgIpc) is 2.73. The molecule has 3 rings (SSSR count). The summed E-state index contributed by atoms with van der Waals surface area (Å²) in [6, 6.07) is 17.2. The highest BCUT2D eigenvalue weighted by atomic mass is 16.2. The largest absolute Gasteiger partial charge is 0.339 e. The number of nitrogens with zero attached hydrogens (tertiary/aromatic N) is 1. The van der Waals surface area contributed by atoms with E-state index in [1.54, 1.807) is 0 Å². The van der Waals surface area contributed by atoms with E-state index in [4.69, 9.17) is 0 Å². The monoisotopic (exact) mass is 365 g/mol. The van der Waals surface area contributed by atoms with Gasteiger partial charge in [-0.05, 0) is 43.1 Å². The van der Waals surface area contributed by atoms with Crippen molar-refractivity contribution in [3.63, 3.8) is 0 Å². The molecule has 0 bridgehead atoms. The summed E-state index contributed by atoms with van der Waals surface area (Å²) in [4.78, 5) is 27.1. The molecule has 1 saturated heterocycles. The highest BCUT2D eigenvalue weighted by Crippen LogP contribution is 2.22. The topological polar surface area (TPSA) is 61.4 Å². The van der Waals surface area contributed by atoms with Crippen molar-refractivity contribution in [3.8, 4) is 0 Å². The fourth-order valence-electron chi connectivity index (χ4n) is 3.40. The lowest BCUT2D eigenvalue weighted by Gasteiger charge is -2.31. The fraction of sp³-hybridized carbons (Fsp3) is 0.364. The second-order valence-electron chi connectivity index (χ2n) is 6.86. The lowest BCUT2D eigenvalue weighted by atomic mass is 9.95. The van der Waals surface area contributed by atoms with Crippen molar-refractivity contribution in [1.29, 1.82) is 0 Å². The zero-order chi connectivity index (χ0) is 19.1. The molecular weight excluding hydrogens is 338 g/mol. The summed E-state index contributed by atoms with van der Waals surface area (Å²) in [5.41, 5.74) is 2.66. The van der Waals surface area contributed by atoms with Gasteiger partial charge in [-0.2, -0.15) is 0 Å². The Morgan fingerprint density at radius 3 is 2.37 bits per heavy atom. The van der Waals surface area contributed by atoms with Crippen molar-refractivity contribution in [1.82, 2.24) is 10.2 Å². The molecule has 27 heavy (non-hydrogen) atoms. The minimum absolute atomic E-state index is 0.0467. The minimum Gasteiger partial charge on any atom is -0.339 e. The third kappa shape index (κ3) is 4.95. The van der Waals surface area contributed by atoms with Crippen molar-refractivity contribution in [2.75, 3.05) is 25.0 Å². The summed E-state index contributed by atoms with van der Waals surface area (Å²) in [5.74, 6) is 0.0354. The molecule has 1 aliphatic heterocycles. The van der Waals surface area contributed by atoms with Crippen LogP contribution in [0.1, 0.15) is 35.7 Å². The molecular formula is C22H27N3O2. The van der Waals surface area contributed by atoms with Crippen LogP contribution in [0.4, 0.5) is 5.69 Å². The number of anilines is 1. The quantitative estimate of drug-likeness (QED) is 0.826. The summed E-state index contributed by atoms with van der Waals surface area (Å²) in [5, 5.41) is 6.38. The number of para-hydroxylation sites is 1. The van der Waals surface area contributed by atoms with E-state index in [-0.39, 0.29) is 17.7 Å². The molecule has 0 aromatic heterocycles. The maximum atomic E-state index is 12.7. The zero-order valence-corrected chi connectivity index (χ0v) is 15.8. The molecule has 0 radical (unpaired) electrons.